The van der Waals surface area contributed by atoms with Crippen LogP contribution in [0.15, 0.2) is 35.2 Å². The molecule has 0 saturated carbocycles. The van der Waals surface area contributed by atoms with Gasteiger partial charge in [-0.1, -0.05) is 6.07 Å². The summed E-state index contributed by atoms with van der Waals surface area (Å²) < 4.78 is 0. The molecule has 0 radical (unpaired) electrons. The van der Waals surface area contributed by atoms with Gasteiger partial charge >= 0.3 is 0 Å². The summed E-state index contributed by atoms with van der Waals surface area (Å²) in [4.78, 5) is 6.50. The molecule has 4 heteroatoms. The lowest BCUT2D eigenvalue weighted by Crippen LogP contribution is -2.18. The van der Waals surface area contributed by atoms with Crippen molar-refractivity contribution >= 4 is 28.8 Å². The third kappa shape index (κ3) is 2.54. The van der Waals surface area contributed by atoms with E-state index in [0.717, 1.165) is 17.9 Å². The molecule has 0 N–H and O–H groups in total. The summed E-state index contributed by atoms with van der Waals surface area (Å²) in [5.74, 6) is 1.46. The molecule has 2 nitrogen and oxygen atoms in total. The molecule has 0 saturated heterocycles. The fourth-order valence-corrected chi connectivity index (χ4v) is 2.48. The Morgan fingerprint density at radius 3 is 3.00 bits per heavy atom. The number of anilines is 1. The first-order valence-corrected chi connectivity index (χ1v) is 6.51. The maximum Gasteiger partial charge on any atom is 0.132 e. The first kappa shape index (κ1) is 11.4. The number of pyridine rings is 1. The average molecular weight is 253 g/mol. The van der Waals surface area contributed by atoms with Crippen molar-refractivity contribution in [3.8, 4) is 0 Å². The highest BCUT2D eigenvalue weighted by Crippen LogP contribution is 2.20. The van der Waals surface area contributed by atoms with Crippen molar-refractivity contribution in [2.24, 2.45) is 0 Å². The van der Waals surface area contributed by atoms with Crippen molar-refractivity contribution in [2.45, 2.75) is 12.4 Å². The molecule has 0 atom stereocenters. The van der Waals surface area contributed by atoms with E-state index in [-0.39, 0.29) is 0 Å². The van der Waals surface area contributed by atoms with Crippen LogP contribution in [0.5, 0.6) is 0 Å². The van der Waals surface area contributed by atoms with Gasteiger partial charge in [-0.3, -0.25) is 0 Å². The van der Waals surface area contributed by atoms with Gasteiger partial charge in [-0.05, 0) is 28.5 Å². The SMILES string of the molecule is CN(Cc1ccsc1)c1ncccc1CCl. The third-order valence-electron chi connectivity index (χ3n) is 2.37. The number of nitrogens with zero attached hydrogens (tertiary/aromatic N) is 2. The first-order valence-electron chi connectivity index (χ1n) is 5.03. The van der Waals surface area contributed by atoms with Gasteiger partial charge in [-0.15, -0.1) is 11.6 Å². The van der Waals surface area contributed by atoms with Crippen molar-refractivity contribution < 1.29 is 0 Å². The predicted octanol–water partition coefficient (Wildman–Crippen LogP) is 3.52. The fourth-order valence-electron chi connectivity index (χ4n) is 1.61. The van der Waals surface area contributed by atoms with Crippen LogP contribution in [0.4, 0.5) is 5.82 Å². The maximum absolute atomic E-state index is 5.89. The Morgan fingerprint density at radius 2 is 2.31 bits per heavy atom. The second-order valence-corrected chi connectivity index (χ2v) is 4.65. The van der Waals surface area contributed by atoms with E-state index in [4.69, 9.17) is 11.6 Å². The summed E-state index contributed by atoms with van der Waals surface area (Å²) in [5, 5.41) is 4.24. The highest BCUT2D eigenvalue weighted by atomic mass is 35.5. The Morgan fingerprint density at radius 1 is 1.44 bits per heavy atom. The van der Waals surface area contributed by atoms with Gasteiger partial charge in [-0.25, -0.2) is 4.98 Å². The third-order valence-corrected chi connectivity index (χ3v) is 3.39. The van der Waals surface area contributed by atoms with Gasteiger partial charge in [0.2, 0.25) is 0 Å². The van der Waals surface area contributed by atoms with Gasteiger partial charge in [0.25, 0.3) is 0 Å². The standard InChI is InChI=1S/C12H13ClN2S/c1-15(8-10-4-6-16-9-10)12-11(7-13)3-2-5-14-12/h2-6,9H,7-8H2,1H3. The Hall–Kier alpha value is -1.06. The monoisotopic (exact) mass is 252 g/mol. The number of halogens is 1. The van der Waals surface area contributed by atoms with Gasteiger partial charge < -0.3 is 4.90 Å². The topological polar surface area (TPSA) is 16.1 Å². The second-order valence-electron chi connectivity index (χ2n) is 3.61. The lowest BCUT2D eigenvalue weighted by Gasteiger charge is -2.19. The molecule has 0 aliphatic carbocycles. The average Bonchev–Trinajstić information content (AvgIpc) is 2.81. The van der Waals surface area contributed by atoms with Crippen LogP contribution >= 0.6 is 22.9 Å². The number of rotatable bonds is 4. The van der Waals surface area contributed by atoms with Gasteiger partial charge in [0, 0.05) is 25.4 Å². The van der Waals surface area contributed by atoms with Crippen molar-refractivity contribution in [2.75, 3.05) is 11.9 Å². The molecule has 0 fully saturated rings. The van der Waals surface area contributed by atoms with Gasteiger partial charge in [0.15, 0.2) is 0 Å². The molecule has 2 heterocycles. The lowest BCUT2D eigenvalue weighted by atomic mass is 10.2. The Kier molecular flexibility index (Phi) is 3.80. The van der Waals surface area contributed by atoms with E-state index in [1.165, 1.54) is 5.56 Å². The summed E-state index contributed by atoms with van der Waals surface area (Å²) >= 11 is 7.61. The molecule has 84 valence electrons. The molecular formula is C12H13ClN2S. The first-order chi connectivity index (χ1) is 7.81. The van der Waals surface area contributed by atoms with Crippen molar-refractivity contribution in [1.29, 1.82) is 0 Å². The molecule has 0 unspecified atom stereocenters. The molecular weight excluding hydrogens is 240 g/mol. The number of hydrogen-bond acceptors (Lipinski definition) is 3. The van der Waals surface area contributed by atoms with Crippen LogP contribution in [-0.2, 0) is 12.4 Å². The molecule has 0 spiro atoms. The molecule has 2 rings (SSSR count). The summed E-state index contributed by atoms with van der Waals surface area (Å²) in [6.45, 7) is 0.865. The normalized spacial score (nSPS) is 10.4. The highest BCUT2D eigenvalue weighted by molar-refractivity contribution is 7.07. The Balaban J connectivity index is 2.17. The summed E-state index contributed by atoms with van der Waals surface area (Å²) in [7, 11) is 2.04. The zero-order chi connectivity index (χ0) is 11.4. The summed E-state index contributed by atoms with van der Waals surface area (Å²) in [6.07, 6.45) is 1.80. The van der Waals surface area contributed by atoms with E-state index in [0.29, 0.717) is 5.88 Å². The minimum Gasteiger partial charge on any atom is -0.355 e. The van der Waals surface area contributed by atoms with Crippen molar-refractivity contribution in [3.63, 3.8) is 0 Å². The molecule has 0 aliphatic heterocycles. The highest BCUT2D eigenvalue weighted by Gasteiger charge is 2.08. The van der Waals surface area contributed by atoms with Crippen LogP contribution in [-0.4, -0.2) is 12.0 Å². The summed E-state index contributed by atoms with van der Waals surface area (Å²) in [5.41, 5.74) is 2.38. The van der Waals surface area contributed by atoms with E-state index >= 15 is 0 Å². The van der Waals surface area contributed by atoms with Crippen molar-refractivity contribution in [1.82, 2.24) is 4.98 Å². The van der Waals surface area contributed by atoms with E-state index in [1.54, 1.807) is 17.5 Å². The summed E-state index contributed by atoms with van der Waals surface area (Å²) in [6, 6.07) is 6.06. The van der Waals surface area contributed by atoms with Gasteiger partial charge in [0.05, 0.1) is 5.88 Å². The largest absolute Gasteiger partial charge is 0.355 e. The Labute approximate surface area is 105 Å². The van der Waals surface area contributed by atoms with Crippen LogP contribution in [0, 0.1) is 0 Å². The molecule has 16 heavy (non-hydrogen) atoms. The zero-order valence-corrected chi connectivity index (χ0v) is 10.6. The van der Waals surface area contributed by atoms with Crippen LogP contribution < -0.4 is 4.90 Å². The second kappa shape index (κ2) is 5.32. The fraction of sp³-hybridized carbons (Fsp3) is 0.250. The molecule has 0 amide bonds. The van der Waals surface area contributed by atoms with Crippen molar-refractivity contribution in [3.05, 3.63) is 46.3 Å². The minimum atomic E-state index is 0.497. The Bertz CT molecular complexity index is 442. The van der Waals surface area contributed by atoms with Crippen LogP contribution in [0.2, 0.25) is 0 Å². The number of hydrogen-bond donors (Lipinski definition) is 0. The van der Waals surface area contributed by atoms with E-state index in [9.17, 15) is 0 Å². The zero-order valence-electron chi connectivity index (χ0n) is 9.06. The van der Waals surface area contributed by atoms with E-state index in [2.05, 4.69) is 26.7 Å². The van der Waals surface area contributed by atoms with Crippen LogP contribution in [0.25, 0.3) is 0 Å². The smallest absolute Gasteiger partial charge is 0.132 e. The molecule has 2 aromatic heterocycles. The number of alkyl halides is 1. The number of thiophene rings is 1. The molecule has 0 aromatic carbocycles. The lowest BCUT2D eigenvalue weighted by molar-refractivity contribution is 0.892. The van der Waals surface area contributed by atoms with Crippen LogP contribution in [0.1, 0.15) is 11.1 Å². The molecule has 2 aromatic rings. The minimum absolute atomic E-state index is 0.497. The van der Waals surface area contributed by atoms with E-state index in [1.807, 2.05) is 19.2 Å². The number of aromatic nitrogens is 1. The van der Waals surface area contributed by atoms with Gasteiger partial charge in [-0.2, -0.15) is 11.3 Å². The molecule has 0 aliphatic rings. The predicted molar refractivity (Wildman–Crippen MR) is 70.2 cm³/mol. The maximum atomic E-state index is 5.89. The van der Waals surface area contributed by atoms with Gasteiger partial charge in [0.1, 0.15) is 5.82 Å². The van der Waals surface area contributed by atoms with Crippen LogP contribution in [0.3, 0.4) is 0 Å². The quantitative estimate of drug-likeness (QED) is 0.774. The molecule has 0 bridgehead atoms. The van der Waals surface area contributed by atoms with E-state index < -0.39 is 0 Å².